The van der Waals surface area contributed by atoms with Crippen molar-refractivity contribution >= 4 is 16.9 Å². The van der Waals surface area contributed by atoms with Crippen molar-refractivity contribution in [2.75, 3.05) is 6.54 Å². The number of rotatable bonds is 6. The van der Waals surface area contributed by atoms with E-state index in [1.807, 2.05) is 54.7 Å². The zero-order valence-corrected chi connectivity index (χ0v) is 15.2. The summed E-state index contributed by atoms with van der Waals surface area (Å²) in [5, 5.41) is 7.07. The van der Waals surface area contributed by atoms with Gasteiger partial charge in [0.15, 0.2) is 0 Å². The summed E-state index contributed by atoms with van der Waals surface area (Å²) in [5.74, 6) is -0.202. The van der Waals surface area contributed by atoms with Crippen LogP contribution in [0.3, 0.4) is 0 Å². The summed E-state index contributed by atoms with van der Waals surface area (Å²) >= 11 is 0. The predicted molar refractivity (Wildman–Crippen MR) is 106 cm³/mol. The van der Waals surface area contributed by atoms with E-state index < -0.39 is 0 Å². The van der Waals surface area contributed by atoms with Gasteiger partial charge in [0.25, 0.3) is 5.56 Å². The molecule has 0 radical (unpaired) electrons. The van der Waals surface area contributed by atoms with E-state index in [2.05, 4.69) is 15.4 Å². The Hall–Kier alpha value is -3.74. The van der Waals surface area contributed by atoms with Crippen molar-refractivity contribution in [2.45, 2.75) is 13.0 Å². The molecule has 0 bridgehead atoms. The number of nitrogens with zero attached hydrogens (tertiary/aromatic N) is 4. The molecule has 4 rings (SSSR count). The van der Waals surface area contributed by atoms with Crippen LogP contribution in [0.1, 0.15) is 5.56 Å². The molecule has 1 amide bonds. The third-order valence-electron chi connectivity index (χ3n) is 4.50. The van der Waals surface area contributed by atoms with Gasteiger partial charge in [0.2, 0.25) is 5.91 Å². The van der Waals surface area contributed by atoms with Crippen LogP contribution in [-0.4, -0.2) is 31.8 Å². The highest BCUT2D eigenvalue weighted by atomic mass is 16.2. The Bertz CT molecular complexity index is 1150. The number of fused-ring (bicyclic) bond motifs is 1. The standard InChI is InChI=1S/C21H19N5O2/c27-20(15-25-19-5-2-1-4-18(19)23-14-21(25)28)22-12-10-16-6-8-17(9-7-16)26-13-3-11-24-26/h1-9,11,13-14H,10,12,15H2,(H,22,27). The van der Waals surface area contributed by atoms with Gasteiger partial charge in [-0.25, -0.2) is 9.67 Å². The van der Waals surface area contributed by atoms with Crippen LogP contribution in [0.15, 0.2) is 78.0 Å². The lowest BCUT2D eigenvalue weighted by atomic mass is 10.1. The fourth-order valence-corrected chi connectivity index (χ4v) is 3.06. The fraction of sp³-hybridized carbons (Fsp3) is 0.143. The van der Waals surface area contributed by atoms with Crippen LogP contribution in [0.4, 0.5) is 0 Å². The molecule has 7 nitrogen and oxygen atoms in total. The minimum Gasteiger partial charge on any atom is -0.354 e. The third-order valence-corrected chi connectivity index (χ3v) is 4.50. The van der Waals surface area contributed by atoms with Crippen LogP contribution >= 0.6 is 0 Å². The Morgan fingerprint density at radius 2 is 1.86 bits per heavy atom. The Balaban J connectivity index is 1.35. The lowest BCUT2D eigenvalue weighted by molar-refractivity contribution is -0.121. The Labute approximate surface area is 161 Å². The molecule has 2 aromatic carbocycles. The van der Waals surface area contributed by atoms with Crippen molar-refractivity contribution in [2.24, 2.45) is 0 Å². The van der Waals surface area contributed by atoms with Crippen molar-refractivity contribution in [1.29, 1.82) is 0 Å². The van der Waals surface area contributed by atoms with E-state index in [4.69, 9.17) is 0 Å². The molecule has 0 saturated carbocycles. The molecule has 0 saturated heterocycles. The summed E-state index contributed by atoms with van der Waals surface area (Å²) < 4.78 is 3.23. The number of carbonyl (C=O) groups is 1. The first-order valence-electron chi connectivity index (χ1n) is 9.01. The number of benzene rings is 2. The van der Waals surface area contributed by atoms with Crippen LogP contribution in [0.2, 0.25) is 0 Å². The molecule has 0 fully saturated rings. The average Bonchev–Trinajstić information content (AvgIpc) is 3.26. The van der Waals surface area contributed by atoms with Crippen molar-refractivity contribution in [1.82, 2.24) is 24.6 Å². The normalized spacial score (nSPS) is 10.9. The molecule has 0 aliphatic heterocycles. The van der Waals surface area contributed by atoms with Crippen molar-refractivity contribution in [3.8, 4) is 5.69 Å². The largest absolute Gasteiger partial charge is 0.354 e. The fourth-order valence-electron chi connectivity index (χ4n) is 3.06. The number of aromatic nitrogens is 4. The zero-order valence-electron chi connectivity index (χ0n) is 15.2. The molecular weight excluding hydrogens is 354 g/mol. The lowest BCUT2D eigenvalue weighted by Crippen LogP contribution is -2.33. The molecule has 4 aromatic rings. The second-order valence-corrected chi connectivity index (χ2v) is 6.39. The summed E-state index contributed by atoms with van der Waals surface area (Å²) in [4.78, 5) is 28.5. The SMILES string of the molecule is O=C(Cn1c(=O)cnc2ccccc21)NCCc1ccc(-n2cccn2)cc1. The molecule has 0 unspecified atom stereocenters. The van der Waals surface area contributed by atoms with E-state index in [1.165, 1.54) is 10.8 Å². The van der Waals surface area contributed by atoms with E-state index >= 15 is 0 Å². The Morgan fingerprint density at radius 1 is 1.04 bits per heavy atom. The van der Waals surface area contributed by atoms with Gasteiger partial charge in [0, 0.05) is 18.9 Å². The molecule has 0 aliphatic rings. The molecule has 2 aromatic heterocycles. The van der Waals surface area contributed by atoms with Crippen LogP contribution in [0.25, 0.3) is 16.7 Å². The van der Waals surface area contributed by atoms with E-state index in [-0.39, 0.29) is 18.0 Å². The van der Waals surface area contributed by atoms with Crippen LogP contribution < -0.4 is 10.9 Å². The van der Waals surface area contributed by atoms with Gasteiger partial charge < -0.3 is 5.32 Å². The van der Waals surface area contributed by atoms with E-state index in [1.54, 1.807) is 16.9 Å². The first kappa shape index (κ1) is 17.7. The van der Waals surface area contributed by atoms with E-state index in [0.29, 0.717) is 24.0 Å². The molecule has 28 heavy (non-hydrogen) atoms. The highest BCUT2D eigenvalue weighted by molar-refractivity contribution is 5.79. The molecule has 7 heteroatoms. The van der Waals surface area contributed by atoms with Gasteiger partial charge >= 0.3 is 0 Å². The van der Waals surface area contributed by atoms with Gasteiger partial charge in [-0.2, -0.15) is 5.10 Å². The third kappa shape index (κ3) is 3.83. The summed E-state index contributed by atoms with van der Waals surface area (Å²) in [7, 11) is 0. The highest BCUT2D eigenvalue weighted by Crippen LogP contribution is 2.09. The number of para-hydroxylation sites is 2. The molecule has 0 aliphatic carbocycles. The number of nitrogens with one attached hydrogen (secondary N) is 1. The Kier molecular flexibility index (Phi) is 4.97. The summed E-state index contributed by atoms with van der Waals surface area (Å²) in [5.41, 5.74) is 3.15. The summed E-state index contributed by atoms with van der Waals surface area (Å²) in [6.45, 7) is 0.470. The quantitative estimate of drug-likeness (QED) is 0.560. The molecule has 2 heterocycles. The van der Waals surface area contributed by atoms with Crippen LogP contribution in [0, 0.1) is 0 Å². The number of hydrogen-bond donors (Lipinski definition) is 1. The van der Waals surface area contributed by atoms with Gasteiger partial charge in [-0.15, -0.1) is 0 Å². The van der Waals surface area contributed by atoms with E-state index in [0.717, 1.165) is 11.3 Å². The molecule has 0 atom stereocenters. The van der Waals surface area contributed by atoms with Gasteiger partial charge in [0.05, 0.1) is 22.9 Å². The predicted octanol–water partition coefficient (Wildman–Crippen LogP) is 1.94. The first-order chi connectivity index (χ1) is 13.7. The van der Waals surface area contributed by atoms with Gasteiger partial charge in [-0.05, 0) is 42.3 Å². The monoisotopic (exact) mass is 373 g/mol. The van der Waals surface area contributed by atoms with Crippen LogP contribution in [-0.2, 0) is 17.8 Å². The topological polar surface area (TPSA) is 81.8 Å². The average molecular weight is 373 g/mol. The maximum Gasteiger partial charge on any atom is 0.269 e. The van der Waals surface area contributed by atoms with Gasteiger partial charge in [0.1, 0.15) is 6.54 Å². The van der Waals surface area contributed by atoms with Crippen LogP contribution in [0.5, 0.6) is 0 Å². The van der Waals surface area contributed by atoms with Crippen molar-refractivity contribution < 1.29 is 4.79 Å². The molecule has 0 spiro atoms. The van der Waals surface area contributed by atoms with Gasteiger partial charge in [-0.3, -0.25) is 14.2 Å². The number of amides is 1. The summed E-state index contributed by atoms with van der Waals surface area (Å²) in [6, 6.07) is 17.2. The first-order valence-corrected chi connectivity index (χ1v) is 9.01. The summed E-state index contributed by atoms with van der Waals surface area (Å²) in [6.07, 6.45) is 5.58. The minimum atomic E-state index is -0.289. The van der Waals surface area contributed by atoms with Crippen molar-refractivity contribution in [3.05, 3.63) is 89.1 Å². The molecular formula is C21H19N5O2. The van der Waals surface area contributed by atoms with E-state index in [9.17, 15) is 9.59 Å². The van der Waals surface area contributed by atoms with Gasteiger partial charge in [-0.1, -0.05) is 24.3 Å². The maximum atomic E-state index is 12.3. The zero-order chi connectivity index (χ0) is 19.3. The lowest BCUT2D eigenvalue weighted by Gasteiger charge is -2.10. The maximum absolute atomic E-state index is 12.3. The number of hydrogen-bond acceptors (Lipinski definition) is 4. The van der Waals surface area contributed by atoms with Crippen molar-refractivity contribution in [3.63, 3.8) is 0 Å². The molecule has 140 valence electrons. The second-order valence-electron chi connectivity index (χ2n) is 6.39. The second kappa shape index (κ2) is 7.87. The highest BCUT2D eigenvalue weighted by Gasteiger charge is 2.08. The smallest absolute Gasteiger partial charge is 0.269 e. The Morgan fingerprint density at radius 3 is 2.64 bits per heavy atom. The molecule has 1 N–H and O–H groups in total. The minimum absolute atomic E-state index is 0.0277. The number of carbonyl (C=O) groups excluding carboxylic acids is 1.